The van der Waals surface area contributed by atoms with Crippen molar-refractivity contribution < 1.29 is 4.74 Å². The lowest BCUT2D eigenvalue weighted by molar-refractivity contribution is -0.0430. The zero-order chi connectivity index (χ0) is 11.7. The predicted molar refractivity (Wildman–Crippen MR) is 63.2 cm³/mol. The summed E-state index contributed by atoms with van der Waals surface area (Å²) in [4.78, 5) is 0. The summed E-state index contributed by atoms with van der Waals surface area (Å²) in [6.45, 7) is 1.27. The zero-order valence-corrected chi connectivity index (χ0v) is 10.1. The highest BCUT2D eigenvalue weighted by molar-refractivity contribution is 4.94. The molecular weight excluding hydrogens is 216 g/mol. The maximum Gasteiger partial charge on any atom is 0.0962 e. The second-order valence-electron chi connectivity index (χ2n) is 5.30. The Labute approximate surface area is 101 Å². The van der Waals surface area contributed by atoms with Gasteiger partial charge in [0.15, 0.2) is 0 Å². The number of nitrogens with zero attached hydrogens (tertiary/aromatic N) is 3. The van der Waals surface area contributed by atoms with Gasteiger partial charge in [-0.25, -0.2) is 4.68 Å². The van der Waals surface area contributed by atoms with Gasteiger partial charge in [0, 0.05) is 12.7 Å². The Morgan fingerprint density at radius 1 is 1.41 bits per heavy atom. The molecule has 1 aliphatic heterocycles. The van der Waals surface area contributed by atoms with Crippen LogP contribution < -0.4 is 5.73 Å². The first kappa shape index (κ1) is 11.2. The molecule has 1 aliphatic carbocycles. The van der Waals surface area contributed by atoms with E-state index in [1.165, 1.54) is 32.1 Å². The Morgan fingerprint density at radius 2 is 2.24 bits per heavy atom. The fraction of sp³-hybridized carbons (Fsp3) is 0.833. The van der Waals surface area contributed by atoms with E-state index in [0.29, 0.717) is 12.6 Å². The van der Waals surface area contributed by atoms with Gasteiger partial charge in [0.1, 0.15) is 0 Å². The highest BCUT2D eigenvalue weighted by Crippen LogP contribution is 2.43. The van der Waals surface area contributed by atoms with Crippen LogP contribution in [0.4, 0.5) is 0 Å². The number of aromatic nitrogens is 3. The Balaban J connectivity index is 1.59. The highest BCUT2D eigenvalue weighted by atomic mass is 16.5. The predicted octanol–water partition coefficient (Wildman–Crippen LogP) is 1.23. The summed E-state index contributed by atoms with van der Waals surface area (Å²) in [5.41, 5.74) is 6.57. The molecule has 1 saturated carbocycles. The van der Waals surface area contributed by atoms with Crippen molar-refractivity contribution in [3.8, 4) is 0 Å². The first-order valence-electron chi connectivity index (χ1n) is 6.57. The van der Waals surface area contributed by atoms with Crippen LogP contribution in [0.3, 0.4) is 0 Å². The van der Waals surface area contributed by atoms with Crippen LogP contribution in [-0.4, -0.2) is 26.7 Å². The van der Waals surface area contributed by atoms with Crippen molar-refractivity contribution in [2.45, 2.75) is 63.3 Å². The first-order valence-corrected chi connectivity index (χ1v) is 6.57. The van der Waals surface area contributed by atoms with Crippen LogP contribution in [0, 0.1) is 0 Å². The van der Waals surface area contributed by atoms with Gasteiger partial charge in [-0.3, -0.25) is 0 Å². The lowest BCUT2D eigenvalue weighted by Gasteiger charge is -2.23. The molecule has 2 aliphatic rings. The van der Waals surface area contributed by atoms with Gasteiger partial charge in [-0.05, 0) is 25.7 Å². The molecule has 94 valence electrons. The van der Waals surface area contributed by atoms with E-state index in [2.05, 4.69) is 10.3 Å². The molecular formula is C12H20N4O. The number of hydrogen-bond acceptors (Lipinski definition) is 4. The maximum atomic E-state index is 6.24. The zero-order valence-electron chi connectivity index (χ0n) is 10.1. The van der Waals surface area contributed by atoms with Gasteiger partial charge in [-0.2, -0.15) is 0 Å². The molecule has 0 amide bonds. The van der Waals surface area contributed by atoms with Gasteiger partial charge < -0.3 is 10.5 Å². The largest absolute Gasteiger partial charge is 0.370 e. The molecule has 5 heteroatoms. The lowest BCUT2D eigenvalue weighted by atomic mass is 9.98. The molecule has 2 fully saturated rings. The van der Waals surface area contributed by atoms with Gasteiger partial charge in [0.25, 0.3) is 0 Å². The monoisotopic (exact) mass is 236 g/mol. The van der Waals surface area contributed by atoms with Crippen molar-refractivity contribution in [2.24, 2.45) is 5.73 Å². The Morgan fingerprint density at radius 3 is 2.94 bits per heavy atom. The van der Waals surface area contributed by atoms with Gasteiger partial charge in [0.05, 0.1) is 23.9 Å². The minimum atomic E-state index is 0.210. The molecule has 1 aromatic heterocycles. The van der Waals surface area contributed by atoms with Gasteiger partial charge >= 0.3 is 0 Å². The normalized spacial score (nSPS) is 27.0. The summed E-state index contributed by atoms with van der Waals surface area (Å²) in [6, 6.07) is 0. The minimum absolute atomic E-state index is 0.210. The smallest absolute Gasteiger partial charge is 0.0962 e. The van der Waals surface area contributed by atoms with E-state index < -0.39 is 0 Å². The van der Waals surface area contributed by atoms with Gasteiger partial charge in [-0.1, -0.05) is 18.1 Å². The number of hydrogen-bond donors (Lipinski definition) is 1. The van der Waals surface area contributed by atoms with Crippen molar-refractivity contribution in [2.75, 3.05) is 0 Å². The molecule has 1 aromatic rings. The Bertz CT molecular complexity index is 384. The molecule has 2 N–H and O–H groups in total. The molecule has 1 saturated heterocycles. The minimum Gasteiger partial charge on any atom is -0.370 e. The summed E-state index contributed by atoms with van der Waals surface area (Å²) in [7, 11) is 0. The fourth-order valence-electron chi connectivity index (χ4n) is 3.14. The molecule has 1 atom stereocenters. The molecule has 17 heavy (non-hydrogen) atoms. The van der Waals surface area contributed by atoms with E-state index >= 15 is 0 Å². The van der Waals surface area contributed by atoms with E-state index in [1.807, 2.05) is 10.9 Å². The summed E-state index contributed by atoms with van der Waals surface area (Å²) >= 11 is 0. The number of ether oxygens (including phenoxy) is 1. The van der Waals surface area contributed by atoms with E-state index in [0.717, 1.165) is 18.7 Å². The quantitative estimate of drug-likeness (QED) is 0.857. The molecule has 1 unspecified atom stereocenters. The third-order valence-electron chi connectivity index (χ3n) is 4.04. The van der Waals surface area contributed by atoms with E-state index in [9.17, 15) is 0 Å². The second-order valence-corrected chi connectivity index (χ2v) is 5.30. The highest BCUT2D eigenvalue weighted by Gasteiger charge is 2.42. The third-order valence-corrected chi connectivity index (χ3v) is 4.04. The Kier molecular flexibility index (Phi) is 2.88. The fourth-order valence-corrected chi connectivity index (χ4v) is 3.14. The molecule has 3 rings (SSSR count). The third kappa shape index (κ3) is 2.21. The van der Waals surface area contributed by atoms with Crippen LogP contribution in [0.25, 0.3) is 0 Å². The van der Waals surface area contributed by atoms with Crippen molar-refractivity contribution in [3.05, 3.63) is 11.9 Å². The first-order chi connectivity index (χ1) is 8.30. The lowest BCUT2D eigenvalue weighted by Crippen LogP contribution is -2.26. The van der Waals surface area contributed by atoms with Crippen LogP contribution >= 0.6 is 0 Å². The van der Waals surface area contributed by atoms with E-state index in [4.69, 9.17) is 10.5 Å². The van der Waals surface area contributed by atoms with E-state index in [-0.39, 0.29) is 5.60 Å². The molecule has 0 radical (unpaired) electrons. The average molecular weight is 236 g/mol. The summed E-state index contributed by atoms with van der Waals surface area (Å²) in [5, 5.41) is 8.07. The molecule has 1 spiro atoms. The molecule has 0 aromatic carbocycles. The molecule has 0 bridgehead atoms. The summed E-state index contributed by atoms with van der Waals surface area (Å²) in [6.07, 6.45) is 9.74. The number of rotatable bonds is 3. The standard InChI is InChI=1S/C12H20N4O/c13-7-10-8-16(15-14-10)9-11-3-6-12(17-11)4-1-2-5-12/h8,11H,1-7,9,13H2. The van der Waals surface area contributed by atoms with Gasteiger partial charge in [0.2, 0.25) is 0 Å². The average Bonchev–Trinajstić information content (AvgIpc) is 3.03. The van der Waals surface area contributed by atoms with Gasteiger partial charge in [-0.15, -0.1) is 5.10 Å². The van der Waals surface area contributed by atoms with Crippen molar-refractivity contribution >= 4 is 0 Å². The number of nitrogens with two attached hydrogens (primary N) is 1. The van der Waals surface area contributed by atoms with E-state index in [1.54, 1.807) is 0 Å². The van der Waals surface area contributed by atoms with Crippen molar-refractivity contribution in [3.63, 3.8) is 0 Å². The van der Waals surface area contributed by atoms with Crippen LogP contribution in [0.15, 0.2) is 6.20 Å². The maximum absolute atomic E-state index is 6.24. The van der Waals surface area contributed by atoms with Crippen LogP contribution in [-0.2, 0) is 17.8 Å². The SMILES string of the molecule is NCc1cn(CC2CCC3(CCCC3)O2)nn1. The van der Waals surface area contributed by atoms with Crippen LogP contribution in [0.1, 0.15) is 44.2 Å². The Hall–Kier alpha value is -0.940. The van der Waals surface area contributed by atoms with Crippen molar-refractivity contribution in [1.29, 1.82) is 0 Å². The second kappa shape index (κ2) is 4.38. The van der Waals surface area contributed by atoms with Crippen LogP contribution in [0.2, 0.25) is 0 Å². The summed E-state index contributed by atoms with van der Waals surface area (Å²) < 4.78 is 8.10. The molecule has 5 nitrogen and oxygen atoms in total. The van der Waals surface area contributed by atoms with Crippen LogP contribution in [0.5, 0.6) is 0 Å². The molecule has 2 heterocycles. The summed E-state index contributed by atoms with van der Waals surface area (Å²) in [5.74, 6) is 0. The van der Waals surface area contributed by atoms with Crippen molar-refractivity contribution in [1.82, 2.24) is 15.0 Å². The topological polar surface area (TPSA) is 66.0 Å².